The summed E-state index contributed by atoms with van der Waals surface area (Å²) in [7, 11) is 1.77. The van der Waals surface area contributed by atoms with Crippen molar-refractivity contribution in [3.8, 4) is 0 Å². The molecule has 0 radical (unpaired) electrons. The van der Waals surface area contributed by atoms with E-state index in [0.29, 0.717) is 0 Å². The second-order valence-electron chi connectivity index (χ2n) is 5.89. The Morgan fingerprint density at radius 1 is 1.15 bits per heavy atom. The minimum absolute atomic E-state index is 0.0242. The fraction of sp³-hybridized carbons (Fsp3) is 0.529. The first-order chi connectivity index (χ1) is 9.62. The zero-order valence-corrected chi connectivity index (χ0v) is 12.9. The van der Waals surface area contributed by atoms with Gasteiger partial charge in [0.15, 0.2) is 0 Å². The molecule has 3 nitrogen and oxygen atoms in total. The second kappa shape index (κ2) is 6.91. The van der Waals surface area contributed by atoms with Crippen LogP contribution in [0.25, 0.3) is 10.9 Å². The van der Waals surface area contributed by atoms with Gasteiger partial charge in [-0.3, -0.25) is 0 Å². The molecule has 20 heavy (non-hydrogen) atoms. The lowest BCUT2D eigenvalue weighted by Crippen LogP contribution is -2.29. The van der Waals surface area contributed by atoms with Crippen molar-refractivity contribution in [2.24, 2.45) is 0 Å². The molecule has 0 aliphatic heterocycles. The first kappa shape index (κ1) is 15.1. The number of nitrogens with zero attached hydrogens (tertiary/aromatic N) is 1. The van der Waals surface area contributed by atoms with Gasteiger partial charge >= 0.3 is 0 Å². The molecule has 1 aromatic carbocycles. The maximum atomic E-state index is 5.41. The van der Waals surface area contributed by atoms with E-state index in [1.807, 2.05) is 0 Å². The van der Waals surface area contributed by atoms with E-state index >= 15 is 0 Å². The van der Waals surface area contributed by atoms with Crippen LogP contribution in [0.2, 0.25) is 0 Å². The Labute approximate surface area is 121 Å². The predicted molar refractivity (Wildman–Crippen MR) is 85.1 cm³/mol. The Balaban J connectivity index is 1.69. The van der Waals surface area contributed by atoms with Crippen LogP contribution >= 0.6 is 0 Å². The molecule has 1 N–H and O–H groups in total. The van der Waals surface area contributed by atoms with Crippen LogP contribution in [0.5, 0.6) is 0 Å². The molecule has 2 aromatic rings. The molecule has 0 saturated heterocycles. The number of aromatic nitrogens is 1. The average Bonchev–Trinajstić information content (AvgIpc) is 2.86. The van der Waals surface area contributed by atoms with Crippen LogP contribution in [-0.2, 0) is 11.3 Å². The minimum Gasteiger partial charge on any atom is -0.379 e. The van der Waals surface area contributed by atoms with E-state index in [9.17, 15) is 0 Å². The number of aryl methyl sites for hydroxylation is 1. The Morgan fingerprint density at radius 2 is 1.95 bits per heavy atom. The first-order valence-electron chi connectivity index (χ1n) is 7.42. The number of nitrogens with one attached hydrogen (secondary N) is 1. The standard InChI is InChI=1S/C17H26N2O/c1-17(2,20-3)10-12-18-11-6-13-19-14-9-15-7-4-5-8-16(15)19/h4-5,7-9,14,18H,6,10-13H2,1-3H3. The Kier molecular flexibility index (Phi) is 5.21. The van der Waals surface area contributed by atoms with Gasteiger partial charge in [0, 0.05) is 25.4 Å². The fourth-order valence-corrected chi connectivity index (χ4v) is 2.33. The number of benzene rings is 1. The molecule has 0 atom stereocenters. The molecular formula is C17H26N2O. The van der Waals surface area contributed by atoms with Crippen LogP contribution in [0, 0.1) is 0 Å². The highest BCUT2D eigenvalue weighted by Gasteiger charge is 2.14. The van der Waals surface area contributed by atoms with Gasteiger partial charge in [-0.25, -0.2) is 0 Å². The Morgan fingerprint density at radius 3 is 2.75 bits per heavy atom. The highest BCUT2D eigenvalue weighted by molar-refractivity contribution is 5.79. The monoisotopic (exact) mass is 274 g/mol. The third-order valence-corrected chi connectivity index (χ3v) is 3.89. The van der Waals surface area contributed by atoms with E-state index in [1.54, 1.807) is 7.11 Å². The van der Waals surface area contributed by atoms with Gasteiger partial charge in [-0.2, -0.15) is 0 Å². The molecule has 1 heterocycles. The quantitative estimate of drug-likeness (QED) is 0.746. The molecule has 0 aliphatic carbocycles. The molecule has 0 unspecified atom stereocenters. The zero-order chi connectivity index (χ0) is 14.4. The van der Waals surface area contributed by atoms with Gasteiger partial charge in [-0.1, -0.05) is 18.2 Å². The van der Waals surface area contributed by atoms with Gasteiger partial charge in [0.1, 0.15) is 0 Å². The summed E-state index contributed by atoms with van der Waals surface area (Å²) in [5.74, 6) is 0. The summed E-state index contributed by atoms with van der Waals surface area (Å²) in [5.41, 5.74) is 1.30. The van der Waals surface area contributed by atoms with Crippen LogP contribution < -0.4 is 5.32 Å². The molecule has 0 amide bonds. The van der Waals surface area contributed by atoms with Crippen LogP contribution in [0.3, 0.4) is 0 Å². The Hall–Kier alpha value is -1.32. The van der Waals surface area contributed by atoms with Crippen LogP contribution in [-0.4, -0.2) is 30.4 Å². The predicted octanol–water partition coefficient (Wildman–Crippen LogP) is 3.44. The van der Waals surface area contributed by atoms with E-state index in [1.165, 1.54) is 10.9 Å². The maximum absolute atomic E-state index is 5.41. The number of ether oxygens (including phenoxy) is 1. The highest BCUT2D eigenvalue weighted by atomic mass is 16.5. The van der Waals surface area contributed by atoms with Crippen molar-refractivity contribution in [3.63, 3.8) is 0 Å². The van der Waals surface area contributed by atoms with Crippen molar-refractivity contribution < 1.29 is 4.74 Å². The molecular weight excluding hydrogens is 248 g/mol. The number of hydrogen-bond acceptors (Lipinski definition) is 2. The molecule has 0 bridgehead atoms. The topological polar surface area (TPSA) is 26.2 Å². The SMILES string of the molecule is COC(C)(C)CCNCCCn1ccc2ccccc21. The third-order valence-electron chi connectivity index (χ3n) is 3.89. The lowest BCUT2D eigenvalue weighted by atomic mass is 10.1. The van der Waals surface area contributed by atoms with E-state index in [0.717, 1.165) is 32.5 Å². The molecule has 2 rings (SSSR count). The smallest absolute Gasteiger partial charge is 0.0634 e. The molecule has 3 heteroatoms. The first-order valence-corrected chi connectivity index (χ1v) is 7.42. The summed E-state index contributed by atoms with van der Waals surface area (Å²) in [6.07, 6.45) is 4.36. The average molecular weight is 274 g/mol. The molecule has 110 valence electrons. The second-order valence-corrected chi connectivity index (χ2v) is 5.89. The summed E-state index contributed by atoms with van der Waals surface area (Å²) in [6, 6.07) is 10.7. The highest BCUT2D eigenvalue weighted by Crippen LogP contribution is 2.15. The number of rotatable bonds is 8. The van der Waals surface area contributed by atoms with Crippen molar-refractivity contribution >= 4 is 10.9 Å². The maximum Gasteiger partial charge on any atom is 0.0634 e. The van der Waals surface area contributed by atoms with E-state index in [-0.39, 0.29) is 5.60 Å². The van der Waals surface area contributed by atoms with Gasteiger partial charge in [0.2, 0.25) is 0 Å². The van der Waals surface area contributed by atoms with Crippen molar-refractivity contribution in [1.29, 1.82) is 0 Å². The van der Waals surface area contributed by atoms with Gasteiger partial charge < -0.3 is 14.6 Å². The summed E-state index contributed by atoms with van der Waals surface area (Å²) < 4.78 is 7.74. The van der Waals surface area contributed by atoms with Gasteiger partial charge in [0.05, 0.1) is 5.60 Å². The van der Waals surface area contributed by atoms with Crippen LogP contribution in [0.1, 0.15) is 26.7 Å². The van der Waals surface area contributed by atoms with Crippen LogP contribution in [0.15, 0.2) is 36.5 Å². The van der Waals surface area contributed by atoms with Crippen LogP contribution in [0.4, 0.5) is 0 Å². The third kappa shape index (κ3) is 4.09. The van der Waals surface area contributed by atoms with E-state index in [2.05, 4.69) is 60.3 Å². The van der Waals surface area contributed by atoms with Crippen molar-refractivity contribution in [1.82, 2.24) is 9.88 Å². The summed E-state index contributed by atoms with van der Waals surface area (Å²) >= 11 is 0. The minimum atomic E-state index is -0.0242. The summed E-state index contributed by atoms with van der Waals surface area (Å²) in [6.45, 7) is 7.37. The molecule has 0 aliphatic rings. The van der Waals surface area contributed by atoms with Crippen molar-refractivity contribution in [3.05, 3.63) is 36.5 Å². The van der Waals surface area contributed by atoms with E-state index in [4.69, 9.17) is 4.74 Å². The number of hydrogen-bond donors (Lipinski definition) is 1. The number of methoxy groups -OCH3 is 1. The normalized spacial score (nSPS) is 12.2. The van der Waals surface area contributed by atoms with Crippen molar-refractivity contribution in [2.75, 3.05) is 20.2 Å². The molecule has 0 fully saturated rings. The lowest BCUT2D eigenvalue weighted by molar-refractivity contribution is 0.0159. The van der Waals surface area contributed by atoms with Gasteiger partial charge in [-0.05, 0) is 57.3 Å². The van der Waals surface area contributed by atoms with E-state index < -0.39 is 0 Å². The zero-order valence-electron chi connectivity index (χ0n) is 12.9. The van der Waals surface area contributed by atoms with Gasteiger partial charge in [-0.15, -0.1) is 0 Å². The van der Waals surface area contributed by atoms with Gasteiger partial charge in [0.25, 0.3) is 0 Å². The lowest BCUT2D eigenvalue weighted by Gasteiger charge is -2.22. The number of para-hydroxylation sites is 1. The van der Waals surface area contributed by atoms with Crippen molar-refractivity contribution in [2.45, 2.75) is 38.8 Å². The number of fused-ring (bicyclic) bond motifs is 1. The Bertz CT molecular complexity index is 531. The molecule has 1 aromatic heterocycles. The summed E-state index contributed by atoms with van der Waals surface area (Å²) in [4.78, 5) is 0. The fourth-order valence-electron chi connectivity index (χ4n) is 2.33. The molecule has 0 spiro atoms. The summed E-state index contributed by atoms with van der Waals surface area (Å²) in [5, 5.41) is 4.81. The molecule has 0 saturated carbocycles. The largest absolute Gasteiger partial charge is 0.379 e.